The van der Waals surface area contributed by atoms with Gasteiger partial charge in [-0.3, -0.25) is 0 Å². The van der Waals surface area contributed by atoms with E-state index in [1.54, 1.807) is 6.07 Å². The van der Waals surface area contributed by atoms with Crippen molar-refractivity contribution in [1.29, 1.82) is 0 Å². The third kappa shape index (κ3) is 3.02. The fraction of sp³-hybridized carbons (Fsp3) is 0.250. The van der Waals surface area contributed by atoms with Gasteiger partial charge < -0.3 is 4.57 Å². The largest absolute Gasteiger partial charge is 0.327 e. The van der Waals surface area contributed by atoms with Crippen molar-refractivity contribution in [3.8, 4) is 0 Å². The maximum atomic E-state index is 14.1. The molecule has 2 aromatic rings. The molecule has 0 saturated heterocycles. The summed E-state index contributed by atoms with van der Waals surface area (Å²) in [5, 5.41) is 4.51. The number of nitrogens with two attached hydrogens (primary N) is 1. The van der Waals surface area contributed by atoms with Gasteiger partial charge in [-0.15, -0.1) is 0 Å². The molecule has 1 aromatic carbocycles. The first-order valence-corrected chi connectivity index (χ1v) is 7.25. The van der Waals surface area contributed by atoms with Crippen molar-refractivity contribution in [2.45, 2.75) is 24.4 Å². The second-order valence-electron chi connectivity index (χ2n) is 4.37. The average Bonchev–Trinajstić information content (AvgIpc) is 2.71. The molecule has 0 aliphatic rings. The summed E-state index contributed by atoms with van der Waals surface area (Å²) in [6, 6.07) is 7.29. The molecule has 0 bridgehead atoms. The van der Waals surface area contributed by atoms with Crippen LogP contribution in [-0.2, 0) is 22.5 Å². The molecule has 0 unspecified atom stereocenters. The smallest absolute Gasteiger partial charge is 0.290 e. The lowest BCUT2D eigenvalue weighted by molar-refractivity contribution is -0.0228. The quantitative estimate of drug-likeness (QED) is 0.932. The van der Waals surface area contributed by atoms with Crippen LogP contribution in [0.4, 0.5) is 8.78 Å². The average molecular weight is 301 g/mol. The molecule has 1 aromatic heterocycles. The summed E-state index contributed by atoms with van der Waals surface area (Å²) in [6.07, 6.45) is 1.02. The lowest BCUT2D eigenvalue weighted by Gasteiger charge is -2.18. The highest BCUT2D eigenvalue weighted by Gasteiger charge is 2.32. The van der Waals surface area contributed by atoms with Gasteiger partial charge in [-0.25, -0.2) is 18.5 Å². The Morgan fingerprint density at radius 1 is 1.30 bits per heavy atom. The fourth-order valence-corrected chi connectivity index (χ4v) is 2.30. The van der Waals surface area contributed by atoms with Crippen LogP contribution in [-0.4, -0.2) is 18.0 Å². The first-order chi connectivity index (χ1) is 9.20. The van der Waals surface area contributed by atoms with Gasteiger partial charge in [0, 0.05) is 11.8 Å². The van der Waals surface area contributed by atoms with Gasteiger partial charge in [0.05, 0.1) is 6.54 Å². The zero-order valence-corrected chi connectivity index (χ0v) is 11.4. The fourth-order valence-electron chi connectivity index (χ4n) is 1.76. The molecular weight excluding hydrogens is 288 g/mol. The number of imidazole rings is 1. The van der Waals surface area contributed by atoms with E-state index < -0.39 is 27.5 Å². The van der Waals surface area contributed by atoms with E-state index in [9.17, 15) is 17.2 Å². The molecule has 0 fully saturated rings. The third-order valence-electron chi connectivity index (χ3n) is 2.81. The first-order valence-electron chi connectivity index (χ1n) is 5.70. The number of hydrogen-bond acceptors (Lipinski definition) is 3. The van der Waals surface area contributed by atoms with E-state index >= 15 is 0 Å². The van der Waals surface area contributed by atoms with Crippen molar-refractivity contribution in [3.05, 3.63) is 47.9 Å². The molecule has 20 heavy (non-hydrogen) atoms. The molecule has 0 aliphatic heterocycles. The molecular formula is C12H13F2N3O2S. The molecule has 0 spiro atoms. The van der Waals surface area contributed by atoms with Gasteiger partial charge in [0.2, 0.25) is 0 Å². The number of halogens is 2. The SMILES string of the molecule is Cc1nc(S(N)(=O)=O)cn1CC(F)(F)c1ccccc1. The van der Waals surface area contributed by atoms with Gasteiger partial charge in [-0.2, -0.15) is 8.78 Å². The number of alkyl halides is 2. The van der Waals surface area contributed by atoms with Gasteiger partial charge in [-0.05, 0) is 6.92 Å². The summed E-state index contributed by atoms with van der Waals surface area (Å²) >= 11 is 0. The van der Waals surface area contributed by atoms with Gasteiger partial charge in [-0.1, -0.05) is 30.3 Å². The number of rotatable bonds is 4. The highest BCUT2D eigenvalue weighted by Crippen LogP contribution is 2.30. The Morgan fingerprint density at radius 2 is 1.90 bits per heavy atom. The van der Waals surface area contributed by atoms with Crippen LogP contribution in [0, 0.1) is 6.92 Å². The zero-order chi connectivity index (χ0) is 15.0. The van der Waals surface area contributed by atoms with Gasteiger partial charge in [0.1, 0.15) is 5.82 Å². The van der Waals surface area contributed by atoms with Crippen LogP contribution in [0.15, 0.2) is 41.6 Å². The molecule has 1 heterocycles. The second-order valence-corrected chi connectivity index (χ2v) is 5.88. The minimum atomic E-state index is -4.00. The summed E-state index contributed by atoms with van der Waals surface area (Å²) < 4.78 is 51.6. The number of nitrogens with zero attached hydrogens (tertiary/aromatic N) is 2. The molecule has 0 saturated carbocycles. The lowest BCUT2D eigenvalue weighted by Crippen LogP contribution is -2.21. The van der Waals surface area contributed by atoms with Crippen molar-refractivity contribution in [2.75, 3.05) is 0 Å². The molecule has 0 amide bonds. The van der Waals surface area contributed by atoms with E-state index in [1.807, 2.05) is 0 Å². The number of benzene rings is 1. The highest BCUT2D eigenvalue weighted by atomic mass is 32.2. The number of sulfonamides is 1. The van der Waals surface area contributed by atoms with E-state index in [1.165, 1.54) is 31.2 Å². The molecule has 5 nitrogen and oxygen atoms in total. The normalized spacial score (nSPS) is 12.6. The Hall–Kier alpha value is -1.80. The van der Waals surface area contributed by atoms with Crippen LogP contribution in [0.2, 0.25) is 0 Å². The van der Waals surface area contributed by atoms with E-state index in [0.717, 1.165) is 10.8 Å². The highest BCUT2D eigenvalue weighted by molar-refractivity contribution is 7.89. The molecule has 0 atom stereocenters. The van der Waals surface area contributed by atoms with Gasteiger partial charge in [0.15, 0.2) is 5.03 Å². The Balaban J connectivity index is 2.33. The molecule has 2 N–H and O–H groups in total. The Kier molecular flexibility index (Phi) is 3.61. The monoisotopic (exact) mass is 301 g/mol. The molecule has 0 radical (unpaired) electrons. The van der Waals surface area contributed by atoms with Gasteiger partial charge in [0.25, 0.3) is 15.9 Å². The second kappa shape index (κ2) is 4.95. The van der Waals surface area contributed by atoms with Crippen LogP contribution in [0.3, 0.4) is 0 Å². The molecule has 0 aliphatic carbocycles. The number of primary sulfonamides is 1. The third-order valence-corrected chi connectivity index (χ3v) is 3.59. The molecule has 108 valence electrons. The zero-order valence-electron chi connectivity index (χ0n) is 10.6. The van der Waals surface area contributed by atoms with Crippen molar-refractivity contribution in [2.24, 2.45) is 5.14 Å². The van der Waals surface area contributed by atoms with Crippen LogP contribution < -0.4 is 5.14 Å². The summed E-state index contributed by atoms with van der Waals surface area (Å²) in [5.74, 6) is -2.98. The predicted molar refractivity (Wildman–Crippen MR) is 68.7 cm³/mol. The van der Waals surface area contributed by atoms with E-state index in [4.69, 9.17) is 5.14 Å². The minimum Gasteiger partial charge on any atom is -0.327 e. The van der Waals surface area contributed by atoms with Crippen molar-refractivity contribution in [1.82, 2.24) is 9.55 Å². The minimum absolute atomic E-state index is 0.148. The topological polar surface area (TPSA) is 78.0 Å². The standard InChI is InChI=1S/C12H13F2N3O2S/c1-9-16-11(20(15,18)19)7-17(9)8-12(13,14)10-5-3-2-4-6-10/h2-7H,8H2,1H3,(H2,15,18,19). The predicted octanol–water partition coefficient (Wildman–Crippen LogP) is 1.63. The molecule has 2 rings (SSSR count). The molecule has 8 heteroatoms. The number of aryl methyl sites for hydroxylation is 1. The summed E-state index contributed by atoms with van der Waals surface area (Å²) in [6.45, 7) is 0.737. The summed E-state index contributed by atoms with van der Waals surface area (Å²) in [7, 11) is -4.00. The van der Waals surface area contributed by atoms with Crippen molar-refractivity contribution >= 4 is 10.0 Å². The van der Waals surface area contributed by atoms with E-state index in [2.05, 4.69) is 4.98 Å². The van der Waals surface area contributed by atoms with Crippen molar-refractivity contribution < 1.29 is 17.2 Å². The number of aromatic nitrogens is 2. The van der Waals surface area contributed by atoms with Crippen LogP contribution >= 0.6 is 0 Å². The maximum Gasteiger partial charge on any atom is 0.290 e. The Bertz CT molecular complexity index is 712. The first kappa shape index (κ1) is 14.6. The van der Waals surface area contributed by atoms with Crippen LogP contribution in [0.5, 0.6) is 0 Å². The summed E-state index contributed by atoms with van der Waals surface area (Å²) in [4.78, 5) is 3.68. The summed E-state index contributed by atoms with van der Waals surface area (Å²) in [5.41, 5.74) is -0.148. The van der Waals surface area contributed by atoms with Crippen LogP contribution in [0.25, 0.3) is 0 Å². The lowest BCUT2D eigenvalue weighted by atomic mass is 10.1. The Morgan fingerprint density at radius 3 is 2.40 bits per heavy atom. The van der Waals surface area contributed by atoms with Crippen molar-refractivity contribution in [3.63, 3.8) is 0 Å². The maximum absolute atomic E-state index is 14.1. The van der Waals surface area contributed by atoms with Crippen LogP contribution in [0.1, 0.15) is 11.4 Å². The van der Waals surface area contributed by atoms with Gasteiger partial charge >= 0.3 is 0 Å². The van der Waals surface area contributed by atoms with E-state index in [0.29, 0.717) is 0 Å². The van der Waals surface area contributed by atoms with E-state index in [-0.39, 0.29) is 11.4 Å². The Labute approximate surface area is 115 Å². The number of hydrogen-bond donors (Lipinski definition) is 1.